The van der Waals surface area contributed by atoms with Crippen LogP contribution in [0.5, 0.6) is 5.75 Å². The number of unbranched alkanes of at least 4 members (excludes halogenated alkanes) is 1. The first-order valence-electron chi connectivity index (χ1n) is 14.1. The second-order valence-electron chi connectivity index (χ2n) is 10.8. The van der Waals surface area contributed by atoms with Crippen LogP contribution in [0, 0.1) is 11.3 Å². The van der Waals surface area contributed by atoms with Crippen molar-refractivity contribution in [2.45, 2.75) is 64.3 Å². The van der Waals surface area contributed by atoms with Crippen LogP contribution in [0.15, 0.2) is 59.4 Å². The molecule has 0 aliphatic heterocycles. The highest BCUT2D eigenvalue weighted by atomic mass is 32.3. The molecule has 0 spiro atoms. The van der Waals surface area contributed by atoms with Gasteiger partial charge >= 0.3 is 10.5 Å². The standard InChI is InChI=1S/C32H30FN3O4S/c1-2-3-8-22-17-27-29(18-26(22)21-9-7-12-24(16-21)40-41(33,38)39)36(23-10-5-4-6-11-23)32-30(31(27)37)25-14-13-20(19-34)15-28(25)35-32/h7,9,12-18,23,35H,2-6,8,10-11H2,1H3. The predicted octanol–water partition coefficient (Wildman–Crippen LogP) is 7.62. The van der Waals surface area contributed by atoms with Gasteiger partial charge in [-0.2, -0.15) is 13.7 Å². The zero-order valence-electron chi connectivity index (χ0n) is 22.7. The van der Waals surface area contributed by atoms with E-state index in [0.717, 1.165) is 71.7 Å². The van der Waals surface area contributed by atoms with Crippen LogP contribution in [0.2, 0.25) is 0 Å². The summed E-state index contributed by atoms with van der Waals surface area (Å²) in [5.74, 6) is -0.115. The van der Waals surface area contributed by atoms with Crippen molar-refractivity contribution in [1.82, 2.24) is 9.55 Å². The number of halogens is 1. The SMILES string of the molecule is CCCCc1cc2c(=O)c3c4ccc(C#N)cc4[nH]c3n(C3CCCCC3)c2cc1-c1cccc(OS(=O)(=O)F)c1. The second kappa shape index (κ2) is 10.7. The smallest absolute Gasteiger partial charge is 0.358 e. The number of rotatable bonds is 7. The van der Waals surface area contributed by atoms with E-state index in [4.69, 9.17) is 0 Å². The van der Waals surface area contributed by atoms with E-state index < -0.39 is 10.5 Å². The van der Waals surface area contributed by atoms with Crippen LogP contribution in [0.4, 0.5) is 3.89 Å². The number of pyridine rings is 1. The molecule has 0 saturated heterocycles. The Bertz CT molecular complexity index is 2020. The number of nitrogens with one attached hydrogen (secondary N) is 1. The van der Waals surface area contributed by atoms with Crippen LogP contribution in [0.1, 0.15) is 69.0 Å². The van der Waals surface area contributed by atoms with Crippen molar-refractivity contribution in [2.24, 2.45) is 0 Å². The fraction of sp³-hybridized carbons (Fsp3) is 0.312. The molecule has 5 aromatic rings. The summed E-state index contributed by atoms with van der Waals surface area (Å²) in [6.07, 6.45) is 7.90. The van der Waals surface area contributed by atoms with Crippen molar-refractivity contribution in [3.05, 3.63) is 75.9 Å². The Morgan fingerprint density at radius 3 is 2.61 bits per heavy atom. The van der Waals surface area contributed by atoms with E-state index in [2.05, 4.69) is 26.7 Å². The number of fused-ring (bicyclic) bond motifs is 4. The van der Waals surface area contributed by atoms with Gasteiger partial charge in [0.2, 0.25) is 0 Å². The summed E-state index contributed by atoms with van der Waals surface area (Å²) in [6.45, 7) is 2.10. The average molecular weight is 572 g/mol. The number of nitrogens with zero attached hydrogens (tertiary/aromatic N) is 2. The van der Waals surface area contributed by atoms with Gasteiger partial charge in [0.25, 0.3) is 0 Å². The first-order valence-corrected chi connectivity index (χ1v) is 15.4. The topological polar surface area (TPSA) is 105 Å². The molecule has 1 fully saturated rings. The minimum Gasteiger partial charge on any atom is -0.358 e. The zero-order valence-corrected chi connectivity index (χ0v) is 23.6. The Balaban J connectivity index is 1.69. The minimum absolute atomic E-state index is 0.0667. The van der Waals surface area contributed by atoms with Crippen molar-refractivity contribution in [1.29, 1.82) is 5.26 Å². The molecule has 2 heterocycles. The molecule has 1 saturated carbocycles. The molecule has 2 aromatic heterocycles. The van der Waals surface area contributed by atoms with E-state index in [-0.39, 0.29) is 17.2 Å². The Kier molecular flexibility index (Phi) is 7.04. The second-order valence-corrected chi connectivity index (χ2v) is 11.8. The van der Waals surface area contributed by atoms with Gasteiger partial charge in [0, 0.05) is 22.3 Å². The number of aromatic nitrogens is 2. The maximum absolute atomic E-state index is 14.2. The molecular weight excluding hydrogens is 541 g/mol. The highest BCUT2D eigenvalue weighted by Crippen LogP contribution is 2.38. The Morgan fingerprint density at radius 1 is 1.07 bits per heavy atom. The molecular formula is C32H30FN3O4S. The first kappa shape index (κ1) is 27.0. The predicted molar refractivity (Wildman–Crippen MR) is 159 cm³/mol. The monoisotopic (exact) mass is 571 g/mol. The lowest BCUT2D eigenvalue weighted by Gasteiger charge is -2.28. The van der Waals surface area contributed by atoms with E-state index in [9.17, 15) is 22.4 Å². The number of H-pyrrole nitrogens is 1. The molecule has 210 valence electrons. The van der Waals surface area contributed by atoms with Gasteiger partial charge in [-0.1, -0.05) is 54.7 Å². The molecule has 1 aliphatic rings. The third-order valence-electron chi connectivity index (χ3n) is 8.18. The molecule has 6 rings (SSSR count). The van der Waals surface area contributed by atoms with Crippen molar-refractivity contribution < 1.29 is 16.5 Å². The maximum atomic E-state index is 14.2. The highest BCUT2D eigenvalue weighted by Gasteiger charge is 2.24. The van der Waals surface area contributed by atoms with Crippen LogP contribution in [0.25, 0.3) is 44.0 Å². The van der Waals surface area contributed by atoms with Crippen molar-refractivity contribution in [2.75, 3.05) is 0 Å². The molecule has 0 amide bonds. The molecule has 41 heavy (non-hydrogen) atoms. The van der Waals surface area contributed by atoms with Crippen LogP contribution in [-0.4, -0.2) is 18.0 Å². The van der Waals surface area contributed by atoms with Crippen molar-refractivity contribution in [3.63, 3.8) is 0 Å². The largest absolute Gasteiger partial charge is 0.488 e. The molecule has 1 N–H and O–H groups in total. The summed E-state index contributed by atoms with van der Waals surface area (Å²) in [7, 11) is -5.17. The summed E-state index contributed by atoms with van der Waals surface area (Å²) in [6, 6.07) is 18.1. The molecule has 1 aliphatic carbocycles. The number of hydrogen-bond donors (Lipinski definition) is 1. The van der Waals surface area contributed by atoms with Crippen LogP contribution in [0.3, 0.4) is 0 Å². The molecule has 9 heteroatoms. The van der Waals surface area contributed by atoms with Crippen molar-refractivity contribution in [3.8, 4) is 22.9 Å². The van der Waals surface area contributed by atoms with Crippen molar-refractivity contribution >= 4 is 43.3 Å². The number of benzene rings is 3. The van der Waals surface area contributed by atoms with Gasteiger partial charge in [-0.15, -0.1) is 0 Å². The van der Waals surface area contributed by atoms with Gasteiger partial charge in [-0.3, -0.25) is 4.79 Å². The number of aromatic amines is 1. The third kappa shape index (κ3) is 5.08. The van der Waals surface area contributed by atoms with E-state index in [1.165, 1.54) is 18.6 Å². The van der Waals surface area contributed by atoms with E-state index in [1.807, 2.05) is 24.3 Å². The van der Waals surface area contributed by atoms with Crippen LogP contribution >= 0.6 is 0 Å². The summed E-state index contributed by atoms with van der Waals surface area (Å²) >= 11 is 0. The summed E-state index contributed by atoms with van der Waals surface area (Å²) in [5, 5.41) is 11.5. The Morgan fingerprint density at radius 2 is 1.88 bits per heavy atom. The zero-order chi connectivity index (χ0) is 28.7. The lowest BCUT2D eigenvalue weighted by Crippen LogP contribution is -2.18. The van der Waals surface area contributed by atoms with Gasteiger partial charge in [0.15, 0.2) is 5.43 Å². The fourth-order valence-corrected chi connectivity index (χ4v) is 6.66. The van der Waals surface area contributed by atoms with E-state index in [0.29, 0.717) is 28.3 Å². The summed E-state index contributed by atoms with van der Waals surface area (Å²) < 4.78 is 42.5. The molecule has 0 bridgehead atoms. The summed E-state index contributed by atoms with van der Waals surface area (Å²) in [4.78, 5) is 17.7. The van der Waals surface area contributed by atoms with Gasteiger partial charge < -0.3 is 13.7 Å². The third-order valence-corrected chi connectivity index (χ3v) is 8.57. The fourth-order valence-electron chi connectivity index (χ4n) is 6.32. The van der Waals surface area contributed by atoms with Gasteiger partial charge in [-0.25, -0.2) is 0 Å². The van der Waals surface area contributed by atoms with Crippen LogP contribution < -0.4 is 9.61 Å². The number of aryl methyl sites for hydroxylation is 1. The van der Waals surface area contributed by atoms with Gasteiger partial charge in [0.05, 0.1) is 22.5 Å². The molecule has 0 radical (unpaired) electrons. The normalized spacial score (nSPS) is 14.6. The number of hydrogen-bond acceptors (Lipinski definition) is 5. The summed E-state index contributed by atoms with van der Waals surface area (Å²) in [5.41, 5.74) is 5.22. The van der Waals surface area contributed by atoms with Gasteiger partial charge in [-0.05, 0) is 78.8 Å². The maximum Gasteiger partial charge on any atom is 0.488 e. The molecule has 3 aromatic carbocycles. The van der Waals surface area contributed by atoms with E-state index >= 15 is 0 Å². The lowest BCUT2D eigenvalue weighted by molar-refractivity contribution is 0.365. The Hall–Kier alpha value is -4.16. The first-order chi connectivity index (χ1) is 19.8. The Labute approximate surface area is 237 Å². The minimum atomic E-state index is -5.17. The van der Waals surface area contributed by atoms with E-state index in [1.54, 1.807) is 18.2 Å². The lowest BCUT2D eigenvalue weighted by atomic mass is 9.91. The molecule has 7 nitrogen and oxygen atoms in total. The quantitative estimate of drug-likeness (QED) is 0.202. The average Bonchev–Trinajstić information content (AvgIpc) is 3.34. The van der Waals surface area contributed by atoms with Gasteiger partial charge in [0.1, 0.15) is 11.4 Å². The molecule has 0 unspecified atom stereocenters. The highest BCUT2D eigenvalue weighted by molar-refractivity contribution is 7.81. The van der Waals surface area contributed by atoms with Crippen LogP contribution in [-0.2, 0) is 16.9 Å². The molecule has 0 atom stereocenters. The number of nitriles is 1.